The molecular weight excluding hydrogens is 306 g/mol. The molecule has 0 fully saturated rings. The zero-order valence-corrected chi connectivity index (χ0v) is 13.9. The highest BCUT2D eigenvalue weighted by Gasteiger charge is 2.17. The second kappa shape index (κ2) is 6.05. The Hall–Kier alpha value is -1.57. The van der Waals surface area contributed by atoms with Gasteiger partial charge in [-0.15, -0.1) is 11.3 Å². The smallest absolute Gasteiger partial charge is 0.242 e. The lowest BCUT2D eigenvalue weighted by Crippen LogP contribution is -2.20. The van der Waals surface area contributed by atoms with Crippen LogP contribution in [-0.2, 0) is 16.6 Å². The van der Waals surface area contributed by atoms with Gasteiger partial charge in [0.2, 0.25) is 10.0 Å². The summed E-state index contributed by atoms with van der Waals surface area (Å²) in [5.74, 6) is 0. The van der Waals surface area contributed by atoms with Crippen molar-refractivity contribution in [2.75, 3.05) is 18.1 Å². The van der Waals surface area contributed by atoms with Gasteiger partial charge in [-0.05, 0) is 50.7 Å². The maximum absolute atomic E-state index is 12.0. The standard InChI is InChI=1S/C14H19N3O2S2/c1-9-6-12(20-10(9)2)8-17-13-5-4-11(15)7-14(13)21(18,19)16-3/h4-7,16-17H,8,15H2,1-3H3. The van der Waals surface area contributed by atoms with Crippen LogP contribution in [0, 0.1) is 13.8 Å². The van der Waals surface area contributed by atoms with Gasteiger partial charge in [0.05, 0.1) is 5.69 Å². The minimum Gasteiger partial charge on any atom is -0.399 e. The number of aryl methyl sites for hydroxylation is 2. The van der Waals surface area contributed by atoms with Crippen LogP contribution in [0.1, 0.15) is 15.3 Å². The van der Waals surface area contributed by atoms with Gasteiger partial charge in [-0.3, -0.25) is 0 Å². The van der Waals surface area contributed by atoms with Gasteiger partial charge in [0.25, 0.3) is 0 Å². The summed E-state index contributed by atoms with van der Waals surface area (Å²) in [5, 5.41) is 3.17. The molecule has 0 unspecified atom stereocenters. The summed E-state index contributed by atoms with van der Waals surface area (Å²) in [6.07, 6.45) is 0. The van der Waals surface area contributed by atoms with Crippen LogP contribution in [0.5, 0.6) is 0 Å². The number of nitrogen functional groups attached to an aromatic ring is 1. The van der Waals surface area contributed by atoms with Gasteiger partial charge in [0.15, 0.2) is 0 Å². The summed E-state index contributed by atoms with van der Waals surface area (Å²) >= 11 is 1.70. The van der Waals surface area contributed by atoms with E-state index in [1.807, 2.05) is 0 Å². The summed E-state index contributed by atoms with van der Waals surface area (Å²) in [4.78, 5) is 2.59. The summed E-state index contributed by atoms with van der Waals surface area (Å²) < 4.78 is 26.4. The summed E-state index contributed by atoms with van der Waals surface area (Å²) in [7, 11) is -2.16. The van der Waals surface area contributed by atoms with Gasteiger partial charge >= 0.3 is 0 Å². The fourth-order valence-electron chi connectivity index (χ4n) is 1.94. The Morgan fingerprint density at radius 1 is 1.24 bits per heavy atom. The predicted molar refractivity (Wildman–Crippen MR) is 88.2 cm³/mol. The van der Waals surface area contributed by atoms with Crippen molar-refractivity contribution in [3.05, 3.63) is 39.6 Å². The van der Waals surface area contributed by atoms with Crippen molar-refractivity contribution in [2.45, 2.75) is 25.3 Å². The van der Waals surface area contributed by atoms with Gasteiger partial charge in [-0.1, -0.05) is 0 Å². The molecule has 1 aromatic carbocycles. The number of nitrogens with two attached hydrogens (primary N) is 1. The second-order valence-corrected chi connectivity index (χ2v) is 7.96. The Labute approximate surface area is 129 Å². The van der Waals surface area contributed by atoms with Gasteiger partial charge in [-0.25, -0.2) is 13.1 Å². The zero-order chi connectivity index (χ0) is 15.6. The maximum Gasteiger partial charge on any atom is 0.242 e. The van der Waals surface area contributed by atoms with Crippen molar-refractivity contribution in [3.8, 4) is 0 Å². The lowest BCUT2D eigenvalue weighted by Gasteiger charge is -2.12. The van der Waals surface area contributed by atoms with E-state index >= 15 is 0 Å². The highest BCUT2D eigenvalue weighted by molar-refractivity contribution is 7.89. The van der Waals surface area contributed by atoms with Crippen LogP contribution in [0.15, 0.2) is 29.2 Å². The first-order chi connectivity index (χ1) is 9.83. The molecule has 0 spiro atoms. The molecule has 0 bridgehead atoms. The number of hydrogen-bond acceptors (Lipinski definition) is 5. The number of rotatable bonds is 5. The van der Waals surface area contributed by atoms with E-state index < -0.39 is 10.0 Å². The molecule has 21 heavy (non-hydrogen) atoms. The van der Waals surface area contributed by atoms with Gasteiger partial charge in [-0.2, -0.15) is 0 Å². The van der Waals surface area contributed by atoms with Crippen LogP contribution < -0.4 is 15.8 Å². The molecule has 0 aliphatic heterocycles. The maximum atomic E-state index is 12.0. The molecule has 0 atom stereocenters. The number of anilines is 2. The van der Waals surface area contributed by atoms with Crippen molar-refractivity contribution in [1.29, 1.82) is 0 Å². The van der Waals surface area contributed by atoms with Crippen molar-refractivity contribution in [3.63, 3.8) is 0 Å². The van der Waals surface area contributed by atoms with Crippen molar-refractivity contribution >= 4 is 32.7 Å². The Morgan fingerprint density at radius 3 is 2.52 bits per heavy atom. The third-order valence-electron chi connectivity index (χ3n) is 3.23. The second-order valence-electron chi connectivity index (χ2n) is 4.77. The summed E-state index contributed by atoms with van der Waals surface area (Å²) in [6.45, 7) is 4.72. The van der Waals surface area contributed by atoms with E-state index in [9.17, 15) is 8.42 Å². The van der Waals surface area contributed by atoms with Crippen LogP contribution in [0.4, 0.5) is 11.4 Å². The molecule has 2 rings (SSSR count). The number of thiophene rings is 1. The third-order valence-corrected chi connectivity index (χ3v) is 5.84. The van der Waals surface area contributed by atoms with Gasteiger partial charge in [0, 0.05) is 22.0 Å². The topological polar surface area (TPSA) is 84.2 Å². The van der Waals surface area contributed by atoms with E-state index in [0.29, 0.717) is 17.9 Å². The average Bonchev–Trinajstić information content (AvgIpc) is 2.76. The van der Waals surface area contributed by atoms with Gasteiger partial charge < -0.3 is 11.1 Å². The van der Waals surface area contributed by atoms with E-state index in [4.69, 9.17) is 5.73 Å². The van der Waals surface area contributed by atoms with Crippen LogP contribution in [-0.4, -0.2) is 15.5 Å². The monoisotopic (exact) mass is 325 g/mol. The van der Waals surface area contributed by atoms with Crippen LogP contribution in [0.2, 0.25) is 0 Å². The lowest BCUT2D eigenvalue weighted by molar-refractivity contribution is 0.588. The largest absolute Gasteiger partial charge is 0.399 e. The molecule has 0 aliphatic rings. The fraction of sp³-hybridized carbons (Fsp3) is 0.286. The molecule has 1 heterocycles. The van der Waals surface area contributed by atoms with Crippen molar-refractivity contribution < 1.29 is 8.42 Å². The van der Waals surface area contributed by atoms with Crippen LogP contribution >= 0.6 is 11.3 Å². The Balaban J connectivity index is 2.28. The Morgan fingerprint density at radius 2 is 1.95 bits per heavy atom. The molecular formula is C14H19N3O2S2. The molecule has 0 amide bonds. The molecule has 0 saturated heterocycles. The van der Waals surface area contributed by atoms with Crippen LogP contribution in [0.3, 0.4) is 0 Å². The fourth-order valence-corrected chi connectivity index (χ4v) is 3.87. The lowest BCUT2D eigenvalue weighted by atomic mass is 10.2. The van der Waals surface area contributed by atoms with E-state index in [2.05, 4.69) is 30.0 Å². The number of hydrogen-bond donors (Lipinski definition) is 3. The molecule has 0 radical (unpaired) electrons. The van der Waals surface area contributed by atoms with E-state index in [0.717, 1.165) is 4.88 Å². The molecule has 0 saturated carbocycles. The molecule has 7 heteroatoms. The predicted octanol–water partition coefficient (Wildman–Crippen LogP) is 2.47. The zero-order valence-electron chi connectivity index (χ0n) is 12.2. The quantitative estimate of drug-likeness (QED) is 0.737. The molecule has 2 aromatic rings. The first-order valence-electron chi connectivity index (χ1n) is 6.46. The summed E-state index contributed by atoms with van der Waals surface area (Å²) in [5.41, 5.74) is 7.90. The molecule has 0 aliphatic carbocycles. The van der Waals surface area contributed by atoms with Crippen molar-refractivity contribution in [1.82, 2.24) is 4.72 Å². The van der Waals surface area contributed by atoms with Gasteiger partial charge in [0.1, 0.15) is 4.90 Å². The van der Waals surface area contributed by atoms with Crippen LogP contribution in [0.25, 0.3) is 0 Å². The Bertz CT molecular complexity index is 732. The first kappa shape index (κ1) is 15.8. The Kier molecular flexibility index (Phi) is 4.55. The first-order valence-corrected chi connectivity index (χ1v) is 8.76. The molecule has 5 nitrogen and oxygen atoms in total. The highest BCUT2D eigenvalue weighted by atomic mass is 32.2. The summed E-state index contributed by atoms with van der Waals surface area (Å²) in [6, 6.07) is 6.93. The minimum absolute atomic E-state index is 0.162. The average molecular weight is 325 g/mol. The molecule has 4 N–H and O–H groups in total. The third kappa shape index (κ3) is 3.55. The van der Waals surface area contributed by atoms with Crippen molar-refractivity contribution in [2.24, 2.45) is 0 Å². The van der Waals surface area contributed by atoms with E-state index in [-0.39, 0.29) is 4.90 Å². The molecule has 114 valence electrons. The number of nitrogens with one attached hydrogen (secondary N) is 2. The van der Waals surface area contributed by atoms with E-state index in [1.165, 1.54) is 23.6 Å². The SMILES string of the molecule is CNS(=O)(=O)c1cc(N)ccc1NCc1cc(C)c(C)s1. The molecule has 1 aromatic heterocycles. The number of sulfonamides is 1. The highest BCUT2D eigenvalue weighted by Crippen LogP contribution is 2.26. The minimum atomic E-state index is -3.55. The number of benzene rings is 1. The van der Waals surface area contributed by atoms with E-state index in [1.54, 1.807) is 23.5 Å². The normalized spacial score (nSPS) is 11.6.